The average Bonchev–Trinajstić information content (AvgIpc) is 3.16. The molecule has 2 aliphatic heterocycles. The van der Waals surface area contributed by atoms with Crippen LogP contribution < -0.4 is 0 Å². The molecule has 3 heterocycles. The molecule has 0 spiro atoms. The lowest BCUT2D eigenvalue weighted by atomic mass is 9.92. The summed E-state index contributed by atoms with van der Waals surface area (Å²) < 4.78 is 1.19. The van der Waals surface area contributed by atoms with Crippen molar-refractivity contribution in [3.63, 3.8) is 0 Å². The van der Waals surface area contributed by atoms with E-state index < -0.39 is 11.9 Å². The van der Waals surface area contributed by atoms with Crippen LogP contribution >= 0.6 is 11.3 Å². The zero-order valence-corrected chi connectivity index (χ0v) is 17.7. The van der Waals surface area contributed by atoms with Crippen LogP contribution in [0, 0.1) is 5.92 Å². The number of carbonyl (C=O) groups excluding carboxylic acids is 1. The molecular formula is C23H30N2O3S. The predicted molar refractivity (Wildman–Crippen MR) is 116 cm³/mol. The molecule has 5 nitrogen and oxygen atoms in total. The van der Waals surface area contributed by atoms with E-state index in [0.717, 1.165) is 36.9 Å². The third-order valence-corrected chi connectivity index (χ3v) is 7.49. The van der Waals surface area contributed by atoms with Gasteiger partial charge in [0.2, 0.25) is 5.91 Å². The first kappa shape index (κ1) is 20.4. The first-order valence-electron chi connectivity index (χ1n) is 10.8. The van der Waals surface area contributed by atoms with Gasteiger partial charge in [0.25, 0.3) is 0 Å². The fraction of sp³-hybridized carbons (Fsp3) is 0.565. The smallest absolute Gasteiger partial charge is 0.304 e. The minimum Gasteiger partial charge on any atom is -0.481 e. The molecule has 2 saturated heterocycles. The van der Waals surface area contributed by atoms with Crippen molar-refractivity contribution >= 4 is 33.3 Å². The van der Waals surface area contributed by atoms with Gasteiger partial charge in [-0.05, 0) is 67.6 Å². The van der Waals surface area contributed by atoms with Gasteiger partial charge in [-0.1, -0.05) is 24.6 Å². The summed E-state index contributed by atoms with van der Waals surface area (Å²) in [5.41, 5.74) is 1.09. The fourth-order valence-corrected chi connectivity index (χ4v) is 5.88. The molecule has 2 aliphatic rings. The van der Waals surface area contributed by atoms with Gasteiger partial charge in [0, 0.05) is 23.8 Å². The molecule has 0 bridgehead atoms. The van der Waals surface area contributed by atoms with Crippen LogP contribution in [0.3, 0.4) is 0 Å². The van der Waals surface area contributed by atoms with Gasteiger partial charge in [-0.3, -0.25) is 9.59 Å². The minimum atomic E-state index is -0.897. The Morgan fingerprint density at radius 3 is 2.52 bits per heavy atom. The lowest BCUT2D eigenvalue weighted by Gasteiger charge is -2.41. The largest absolute Gasteiger partial charge is 0.481 e. The van der Waals surface area contributed by atoms with E-state index in [9.17, 15) is 14.7 Å². The lowest BCUT2D eigenvalue weighted by molar-refractivity contribution is -0.145. The van der Waals surface area contributed by atoms with Crippen LogP contribution in [0.4, 0.5) is 0 Å². The van der Waals surface area contributed by atoms with Crippen molar-refractivity contribution in [2.75, 3.05) is 26.2 Å². The molecule has 0 radical (unpaired) electrons. The van der Waals surface area contributed by atoms with Gasteiger partial charge in [-0.15, -0.1) is 11.3 Å². The van der Waals surface area contributed by atoms with Crippen LogP contribution in [0.1, 0.15) is 44.1 Å². The zero-order valence-electron chi connectivity index (χ0n) is 16.9. The summed E-state index contributed by atoms with van der Waals surface area (Å²) >= 11 is 1.66. The molecule has 1 amide bonds. The van der Waals surface area contributed by atoms with Crippen molar-refractivity contribution in [2.45, 2.75) is 51.0 Å². The molecule has 2 fully saturated rings. The van der Waals surface area contributed by atoms with Crippen molar-refractivity contribution in [3.05, 3.63) is 35.2 Å². The second-order valence-corrected chi connectivity index (χ2v) is 9.32. The molecule has 29 heavy (non-hydrogen) atoms. The highest BCUT2D eigenvalue weighted by Gasteiger charge is 2.32. The summed E-state index contributed by atoms with van der Waals surface area (Å²) in [6.07, 6.45) is 6.32. The Labute approximate surface area is 176 Å². The number of rotatable bonds is 6. The van der Waals surface area contributed by atoms with Crippen molar-refractivity contribution in [1.29, 1.82) is 0 Å². The number of aliphatic carboxylic acids is 1. The van der Waals surface area contributed by atoms with E-state index in [0.29, 0.717) is 12.5 Å². The van der Waals surface area contributed by atoms with Crippen molar-refractivity contribution in [1.82, 2.24) is 9.80 Å². The summed E-state index contributed by atoms with van der Waals surface area (Å²) in [6.45, 7) is 3.87. The second-order valence-electron chi connectivity index (χ2n) is 8.41. The topological polar surface area (TPSA) is 60.9 Å². The normalized spacial score (nSPS) is 20.1. The molecule has 4 rings (SSSR count). The monoisotopic (exact) mass is 414 g/mol. The van der Waals surface area contributed by atoms with Gasteiger partial charge in [-0.25, -0.2) is 0 Å². The molecule has 2 aromatic rings. The predicted octanol–water partition coefficient (Wildman–Crippen LogP) is 4.01. The number of carboxylic acid groups (broad SMARTS) is 1. The number of hydrogen-bond acceptors (Lipinski definition) is 4. The molecule has 1 unspecified atom stereocenters. The number of piperidine rings is 2. The zero-order chi connectivity index (χ0) is 20.2. The van der Waals surface area contributed by atoms with Crippen molar-refractivity contribution in [3.8, 4) is 0 Å². The quantitative estimate of drug-likeness (QED) is 0.776. The molecule has 1 atom stereocenters. The van der Waals surface area contributed by atoms with E-state index in [1.807, 2.05) is 17.0 Å². The maximum absolute atomic E-state index is 13.2. The summed E-state index contributed by atoms with van der Waals surface area (Å²) in [7, 11) is 0. The Morgan fingerprint density at radius 1 is 1.07 bits per heavy atom. The Morgan fingerprint density at radius 2 is 1.79 bits per heavy atom. The molecular weight excluding hydrogens is 384 g/mol. The van der Waals surface area contributed by atoms with Gasteiger partial charge < -0.3 is 14.9 Å². The van der Waals surface area contributed by atoms with Crippen molar-refractivity contribution < 1.29 is 14.7 Å². The highest BCUT2D eigenvalue weighted by Crippen LogP contribution is 2.30. The highest BCUT2D eigenvalue weighted by atomic mass is 32.1. The molecule has 0 saturated carbocycles. The Bertz CT molecular complexity index is 851. The molecule has 1 aromatic heterocycles. The molecule has 156 valence electrons. The van der Waals surface area contributed by atoms with Gasteiger partial charge in [-0.2, -0.15) is 0 Å². The van der Waals surface area contributed by atoms with E-state index >= 15 is 0 Å². The van der Waals surface area contributed by atoms with Gasteiger partial charge in [0.1, 0.15) is 0 Å². The van der Waals surface area contributed by atoms with Crippen LogP contribution in [0.25, 0.3) is 10.1 Å². The van der Waals surface area contributed by atoms with Gasteiger partial charge in [0.05, 0.1) is 12.3 Å². The van der Waals surface area contributed by atoms with Crippen LogP contribution in [0.2, 0.25) is 0 Å². The summed E-state index contributed by atoms with van der Waals surface area (Å²) in [4.78, 5) is 29.2. The third-order valence-electron chi connectivity index (χ3n) is 6.48. The molecule has 1 N–H and O–H groups in total. The molecule has 0 aliphatic carbocycles. The van der Waals surface area contributed by atoms with E-state index in [4.69, 9.17) is 0 Å². The first-order chi connectivity index (χ1) is 14.1. The SMILES string of the molecule is O=C(O)CC(Cc1csc2ccccc12)C(=O)N1CCC(N2CCCCC2)CC1. The lowest BCUT2D eigenvalue weighted by Crippen LogP contribution is -2.49. The Kier molecular flexibility index (Phi) is 6.50. The van der Waals surface area contributed by atoms with Crippen LogP contribution in [0.15, 0.2) is 29.6 Å². The minimum absolute atomic E-state index is 0.0137. The summed E-state index contributed by atoms with van der Waals surface area (Å²) in [5, 5.41) is 12.6. The molecule has 6 heteroatoms. The number of carboxylic acids is 1. The number of benzene rings is 1. The average molecular weight is 415 g/mol. The van der Waals surface area contributed by atoms with Crippen LogP contribution in [0.5, 0.6) is 0 Å². The number of carbonyl (C=O) groups is 2. The van der Waals surface area contributed by atoms with E-state index in [1.165, 1.54) is 37.1 Å². The number of nitrogens with zero attached hydrogens (tertiary/aromatic N) is 2. The number of fused-ring (bicyclic) bond motifs is 1. The number of amides is 1. The van der Waals surface area contributed by atoms with E-state index in [-0.39, 0.29) is 12.3 Å². The summed E-state index contributed by atoms with van der Waals surface area (Å²) in [5.74, 6) is -1.37. The van der Waals surface area contributed by atoms with E-state index in [2.05, 4.69) is 22.4 Å². The van der Waals surface area contributed by atoms with Gasteiger partial charge >= 0.3 is 5.97 Å². The Balaban J connectivity index is 1.41. The summed E-state index contributed by atoms with van der Waals surface area (Å²) in [6, 6.07) is 8.72. The number of hydrogen-bond donors (Lipinski definition) is 1. The number of thiophene rings is 1. The van der Waals surface area contributed by atoms with Crippen LogP contribution in [-0.2, 0) is 16.0 Å². The molecule has 1 aromatic carbocycles. The maximum Gasteiger partial charge on any atom is 0.304 e. The van der Waals surface area contributed by atoms with Crippen molar-refractivity contribution in [2.24, 2.45) is 5.92 Å². The maximum atomic E-state index is 13.2. The second kappa shape index (κ2) is 9.26. The van der Waals surface area contributed by atoms with Gasteiger partial charge in [0.15, 0.2) is 0 Å². The Hall–Kier alpha value is -1.92. The fourth-order valence-electron chi connectivity index (χ4n) is 4.91. The highest BCUT2D eigenvalue weighted by molar-refractivity contribution is 7.17. The standard InChI is InChI=1S/C23H30N2O3S/c26-22(27)15-17(14-18-16-29-21-7-3-2-6-20(18)21)23(28)25-12-8-19(9-13-25)24-10-4-1-5-11-24/h2-3,6-7,16-17,19H,1,4-5,8-15H2,(H,26,27). The number of likely N-dealkylation sites (tertiary alicyclic amines) is 2. The van der Waals surface area contributed by atoms with E-state index in [1.54, 1.807) is 11.3 Å². The van der Waals surface area contributed by atoms with Crippen LogP contribution in [-0.4, -0.2) is 59.0 Å². The third kappa shape index (κ3) is 4.81. The first-order valence-corrected chi connectivity index (χ1v) is 11.7.